The van der Waals surface area contributed by atoms with Gasteiger partial charge in [-0.05, 0) is 24.3 Å². The Morgan fingerprint density at radius 1 is 1.29 bits per heavy atom. The zero-order chi connectivity index (χ0) is 14.8. The van der Waals surface area contributed by atoms with Gasteiger partial charge < -0.3 is 9.15 Å². The van der Waals surface area contributed by atoms with Gasteiger partial charge in [-0.2, -0.15) is 0 Å². The molecule has 4 nitrogen and oxygen atoms in total. The van der Waals surface area contributed by atoms with Crippen LogP contribution in [0.15, 0.2) is 52.0 Å². The molecule has 1 amide bonds. The zero-order valence-electron chi connectivity index (χ0n) is 11.1. The van der Waals surface area contributed by atoms with Crippen LogP contribution < -0.4 is 9.64 Å². The quantitative estimate of drug-likeness (QED) is 0.638. The number of carbonyl (C=O) groups is 1. The van der Waals surface area contributed by atoms with E-state index in [4.69, 9.17) is 21.4 Å². The normalized spacial score (nSPS) is 16.8. The molecule has 2 aromatic rings. The third-order valence-electron chi connectivity index (χ3n) is 2.94. The minimum Gasteiger partial charge on any atom is -0.495 e. The SMILES string of the molecule is COc1ccccc1N1C(=O)/C(=C\c2ccco2)SC1=S. The van der Waals surface area contributed by atoms with Gasteiger partial charge in [0.1, 0.15) is 11.5 Å². The predicted octanol–water partition coefficient (Wildman–Crippen LogP) is 3.69. The molecule has 0 spiro atoms. The van der Waals surface area contributed by atoms with Gasteiger partial charge in [0, 0.05) is 6.08 Å². The molecule has 6 heteroatoms. The van der Waals surface area contributed by atoms with Gasteiger partial charge in [0.2, 0.25) is 0 Å². The summed E-state index contributed by atoms with van der Waals surface area (Å²) in [7, 11) is 1.56. The Balaban J connectivity index is 1.98. The van der Waals surface area contributed by atoms with Crippen molar-refractivity contribution in [3.63, 3.8) is 0 Å². The zero-order valence-corrected chi connectivity index (χ0v) is 12.7. The predicted molar refractivity (Wildman–Crippen MR) is 87.4 cm³/mol. The number of methoxy groups -OCH3 is 1. The first kappa shape index (κ1) is 13.9. The molecule has 0 unspecified atom stereocenters. The number of thiocarbonyl (C=S) groups is 1. The first-order valence-electron chi connectivity index (χ1n) is 6.15. The Hall–Kier alpha value is -2.05. The molecule has 0 saturated carbocycles. The highest BCUT2D eigenvalue weighted by Gasteiger charge is 2.34. The second-order valence-electron chi connectivity index (χ2n) is 4.20. The smallest absolute Gasteiger partial charge is 0.271 e. The maximum Gasteiger partial charge on any atom is 0.271 e. The van der Waals surface area contributed by atoms with Crippen LogP contribution in [-0.2, 0) is 4.79 Å². The Kier molecular flexibility index (Phi) is 3.81. The van der Waals surface area contributed by atoms with Crippen molar-refractivity contribution in [3.05, 3.63) is 53.3 Å². The minimum absolute atomic E-state index is 0.175. The lowest BCUT2D eigenvalue weighted by Gasteiger charge is -2.17. The molecule has 1 fully saturated rings. The van der Waals surface area contributed by atoms with Crippen LogP contribution >= 0.6 is 24.0 Å². The second kappa shape index (κ2) is 5.75. The fourth-order valence-corrected chi connectivity index (χ4v) is 3.26. The molecule has 2 heterocycles. The average Bonchev–Trinajstić information content (AvgIpc) is 3.09. The molecule has 1 aromatic carbocycles. The topological polar surface area (TPSA) is 42.7 Å². The summed E-state index contributed by atoms with van der Waals surface area (Å²) in [6.45, 7) is 0. The molecule has 1 aliphatic rings. The van der Waals surface area contributed by atoms with Crippen molar-refractivity contribution >= 4 is 46.0 Å². The Bertz CT molecular complexity index is 722. The highest BCUT2D eigenvalue weighted by molar-refractivity contribution is 8.27. The lowest BCUT2D eigenvalue weighted by Crippen LogP contribution is -2.27. The molecular weight excluding hydrogens is 306 g/mol. The number of amides is 1. The molecule has 106 valence electrons. The lowest BCUT2D eigenvalue weighted by molar-refractivity contribution is -0.113. The number of hydrogen-bond acceptors (Lipinski definition) is 5. The summed E-state index contributed by atoms with van der Waals surface area (Å²) in [6, 6.07) is 10.8. The maximum atomic E-state index is 12.6. The molecule has 0 bridgehead atoms. The number of hydrogen-bond donors (Lipinski definition) is 0. The number of ether oxygens (including phenoxy) is 1. The fourth-order valence-electron chi connectivity index (χ4n) is 1.99. The second-order valence-corrected chi connectivity index (χ2v) is 5.88. The van der Waals surface area contributed by atoms with Crippen LogP contribution in [0.2, 0.25) is 0 Å². The van der Waals surface area contributed by atoms with Gasteiger partial charge in [0.15, 0.2) is 4.32 Å². The van der Waals surface area contributed by atoms with Crippen LogP contribution in [0.4, 0.5) is 5.69 Å². The Morgan fingerprint density at radius 2 is 2.10 bits per heavy atom. The summed E-state index contributed by atoms with van der Waals surface area (Å²) >= 11 is 6.57. The van der Waals surface area contributed by atoms with Crippen LogP contribution in [-0.4, -0.2) is 17.3 Å². The molecule has 0 N–H and O–H groups in total. The molecule has 1 aromatic heterocycles. The van der Waals surface area contributed by atoms with E-state index in [0.29, 0.717) is 26.4 Å². The molecule has 1 saturated heterocycles. The number of carbonyl (C=O) groups excluding carboxylic acids is 1. The van der Waals surface area contributed by atoms with Crippen molar-refractivity contribution in [2.75, 3.05) is 12.0 Å². The van der Waals surface area contributed by atoms with E-state index in [9.17, 15) is 4.79 Å². The summed E-state index contributed by atoms with van der Waals surface area (Å²) in [4.78, 5) is 14.6. The van der Waals surface area contributed by atoms with Gasteiger partial charge in [-0.25, -0.2) is 0 Å². The highest BCUT2D eigenvalue weighted by Crippen LogP contribution is 2.39. The first-order chi connectivity index (χ1) is 10.2. The summed E-state index contributed by atoms with van der Waals surface area (Å²) in [5.74, 6) is 1.05. The number of thioether (sulfide) groups is 1. The first-order valence-corrected chi connectivity index (χ1v) is 7.37. The number of rotatable bonds is 3. The van der Waals surface area contributed by atoms with Crippen LogP contribution in [0.1, 0.15) is 5.76 Å². The lowest BCUT2D eigenvalue weighted by atomic mass is 10.2. The fraction of sp³-hybridized carbons (Fsp3) is 0.0667. The minimum atomic E-state index is -0.175. The van der Waals surface area contributed by atoms with Gasteiger partial charge in [-0.1, -0.05) is 36.1 Å². The number of anilines is 1. The molecule has 0 aliphatic carbocycles. The van der Waals surface area contributed by atoms with E-state index < -0.39 is 0 Å². The highest BCUT2D eigenvalue weighted by atomic mass is 32.2. The number of benzene rings is 1. The van der Waals surface area contributed by atoms with Crippen LogP contribution in [0, 0.1) is 0 Å². The molecule has 0 radical (unpaired) electrons. The van der Waals surface area contributed by atoms with E-state index in [1.165, 1.54) is 16.7 Å². The van der Waals surface area contributed by atoms with Crippen molar-refractivity contribution in [2.45, 2.75) is 0 Å². The summed E-state index contributed by atoms with van der Waals surface area (Å²) < 4.78 is 11.0. The summed E-state index contributed by atoms with van der Waals surface area (Å²) in [6.07, 6.45) is 3.25. The largest absolute Gasteiger partial charge is 0.495 e. The van der Waals surface area contributed by atoms with Crippen LogP contribution in [0.3, 0.4) is 0 Å². The third kappa shape index (κ3) is 2.59. The Morgan fingerprint density at radius 3 is 2.81 bits per heavy atom. The molecule has 3 rings (SSSR count). The van der Waals surface area contributed by atoms with E-state index in [-0.39, 0.29) is 5.91 Å². The number of furan rings is 1. The summed E-state index contributed by atoms with van der Waals surface area (Å²) in [5, 5.41) is 0. The van der Waals surface area contributed by atoms with Crippen molar-refractivity contribution in [3.8, 4) is 5.75 Å². The number of para-hydroxylation sites is 2. The van der Waals surface area contributed by atoms with Crippen molar-refractivity contribution < 1.29 is 13.9 Å². The van der Waals surface area contributed by atoms with Gasteiger partial charge in [0.05, 0.1) is 24.0 Å². The average molecular weight is 317 g/mol. The molecule has 1 aliphatic heterocycles. The van der Waals surface area contributed by atoms with E-state index >= 15 is 0 Å². The summed E-state index contributed by atoms with van der Waals surface area (Å²) in [5.41, 5.74) is 0.644. The van der Waals surface area contributed by atoms with Crippen molar-refractivity contribution in [1.82, 2.24) is 0 Å². The van der Waals surface area contributed by atoms with Crippen molar-refractivity contribution in [1.29, 1.82) is 0 Å². The van der Waals surface area contributed by atoms with Gasteiger partial charge in [0.25, 0.3) is 5.91 Å². The van der Waals surface area contributed by atoms with E-state index in [1.807, 2.05) is 12.1 Å². The standard InChI is InChI=1S/C15H11NO3S2/c1-18-12-7-3-2-6-11(12)16-14(17)13(21-15(16)20)9-10-5-4-8-19-10/h2-9H,1H3/b13-9+. The van der Waals surface area contributed by atoms with Gasteiger partial charge in [-0.15, -0.1) is 0 Å². The monoisotopic (exact) mass is 317 g/mol. The molecule has 21 heavy (non-hydrogen) atoms. The van der Waals surface area contributed by atoms with Crippen LogP contribution in [0.5, 0.6) is 5.75 Å². The van der Waals surface area contributed by atoms with Gasteiger partial charge in [-0.3, -0.25) is 9.69 Å². The molecular formula is C15H11NO3S2. The van der Waals surface area contributed by atoms with Crippen LogP contribution in [0.25, 0.3) is 6.08 Å². The number of nitrogens with zero attached hydrogens (tertiary/aromatic N) is 1. The molecule has 0 atom stereocenters. The van der Waals surface area contributed by atoms with E-state index in [1.54, 1.807) is 43.7 Å². The Labute approximate surface area is 131 Å². The van der Waals surface area contributed by atoms with E-state index in [2.05, 4.69) is 0 Å². The van der Waals surface area contributed by atoms with Crippen molar-refractivity contribution in [2.24, 2.45) is 0 Å². The van der Waals surface area contributed by atoms with E-state index in [0.717, 1.165) is 0 Å². The van der Waals surface area contributed by atoms with Gasteiger partial charge >= 0.3 is 0 Å². The third-order valence-corrected chi connectivity index (χ3v) is 4.24. The maximum absolute atomic E-state index is 12.6.